The fourth-order valence-electron chi connectivity index (χ4n) is 2.54. The Morgan fingerprint density at radius 1 is 1.12 bits per heavy atom. The molecule has 1 saturated carbocycles. The summed E-state index contributed by atoms with van der Waals surface area (Å²) < 4.78 is 10.6. The summed E-state index contributed by atoms with van der Waals surface area (Å²) in [4.78, 5) is 9.10. The zero-order valence-electron chi connectivity index (χ0n) is 14.6. The Labute approximate surface area is 147 Å². The summed E-state index contributed by atoms with van der Waals surface area (Å²) in [5, 5.41) is 15.4. The minimum Gasteiger partial charge on any atom is -0.493 e. The lowest BCUT2D eigenvalue weighted by molar-refractivity contribution is 0.292. The Bertz CT molecular complexity index is 719. The van der Waals surface area contributed by atoms with Gasteiger partial charge in [0.2, 0.25) is 5.95 Å². The molecule has 25 heavy (non-hydrogen) atoms. The molecule has 0 amide bonds. The first-order valence-corrected chi connectivity index (χ1v) is 8.46. The van der Waals surface area contributed by atoms with Crippen molar-refractivity contribution in [1.29, 1.82) is 0 Å². The molecule has 1 aliphatic carbocycles. The van der Waals surface area contributed by atoms with E-state index in [1.54, 1.807) is 14.2 Å². The molecule has 1 aromatic heterocycles. The highest BCUT2D eigenvalue weighted by atomic mass is 16.5. The van der Waals surface area contributed by atoms with Crippen LogP contribution in [0.15, 0.2) is 24.3 Å². The molecule has 3 N–H and O–H groups in total. The molecule has 0 saturated heterocycles. The molecule has 3 rings (SSSR count). The monoisotopic (exact) mass is 344 g/mol. The maximum atomic E-state index is 8.92. The average molecular weight is 344 g/mol. The molecule has 134 valence electrons. The third-order valence-electron chi connectivity index (χ3n) is 4.02. The predicted molar refractivity (Wildman–Crippen MR) is 97.0 cm³/mol. The Morgan fingerprint density at radius 2 is 1.92 bits per heavy atom. The normalized spacial score (nSPS) is 13.4. The molecule has 0 bridgehead atoms. The van der Waals surface area contributed by atoms with Crippen LogP contribution in [0.3, 0.4) is 0 Å². The number of methoxy groups -OCH3 is 2. The first-order chi connectivity index (χ1) is 12.2. The number of aliphatic hydroxyl groups excluding tert-OH is 1. The van der Waals surface area contributed by atoms with Gasteiger partial charge in [-0.25, -0.2) is 4.98 Å². The van der Waals surface area contributed by atoms with Crippen molar-refractivity contribution in [2.45, 2.75) is 25.2 Å². The van der Waals surface area contributed by atoms with E-state index < -0.39 is 0 Å². The lowest BCUT2D eigenvalue weighted by Crippen LogP contribution is -2.09. The third-order valence-corrected chi connectivity index (χ3v) is 4.02. The van der Waals surface area contributed by atoms with Crippen LogP contribution in [0.2, 0.25) is 0 Å². The second-order valence-corrected chi connectivity index (χ2v) is 5.97. The van der Waals surface area contributed by atoms with Gasteiger partial charge in [0, 0.05) is 36.9 Å². The maximum Gasteiger partial charge on any atom is 0.224 e. The number of nitrogens with one attached hydrogen (secondary N) is 2. The molecule has 2 aromatic rings. The molecule has 0 atom stereocenters. The average Bonchev–Trinajstić information content (AvgIpc) is 3.47. The number of nitrogens with zero attached hydrogens (tertiary/aromatic N) is 2. The zero-order chi connectivity index (χ0) is 17.6. The van der Waals surface area contributed by atoms with Crippen LogP contribution in [-0.4, -0.2) is 42.4 Å². The van der Waals surface area contributed by atoms with E-state index in [0.29, 0.717) is 36.3 Å². The van der Waals surface area contributed by atoms with Crippen LogP contribution in [0.5, 0.6) is 11.5 Å². The van der Waals surface area contributed by atoms with Gasteiger partial charge in [-0.05, 0) is 31.4 Å². The zero-order valence-corrected chi connectivity index (χ0v) is 14.6. The summed E-state index contributed by atoms with van der Waals surface area (Å²) in [5.41, 5.74) is 1.91. The lowest BCUT2D eigenvalue weighted by atomic mass is 10.2. The number of aromatic nitrogens is 2. The molecule has 1 fully saturated rings. The quantitative estimate of drug-likeness (QED) is 0.603. The van der Waals surface area contributed by atoms with Crippen molar-refractivity contribution in [2.75, 3.05) is 38.0 Å². The second-order valence-electron chi connectivity index (χ2n) is 5.97. The maximum absolute atomic E-state index is 8.92. The number of ether oxygens (including phenoxy) is 2. The van der Waals surface area contributed by atoms with Crippen molar-refractivity contribution in [3.63, 3.8) is 0 Å². The smallest absolute Gasteiger partial charge is 0.224 e. The van der Waals surface area contributed by atoms with Crippen LogP contribution in [0.1, 0.15) is 30.9 Å². The summed E-state index contributed by atoms with van der Waals surface area (Å²) >= 11 is 0. The van der Waals surface area contributed by atoms with E-state index in [1.165, 1.54) is 12.8 Å². The summed E-state index contributed by atoms with van der Waals surface area (Å²) in [5.74, 6) is 3.18. The highest BCUT2D eigenvalue weighted by Crippen LogP contribution is 2.40. The minimum atomic E-state index is 0.145. The molecule has 0 radical (unpaired) electrons. The van der Waals surface area contributed by atoms with E-state index in [2.05, 4.69) is 20.6 Å². The highest BCUT2D eigenvalue weighted by molar-refractivity contribution is 5.62. The van der Waals surface area contributed by atoms with Gasteiger partial charge in [0.15, 0.2) is 11.5 Å². The molecule has 0 spiro atoms. The van der Waals surface area contributed by atoms with Crippen molar-refractivity contribution in [3.05, 3.63) is 30.0 Å². The molecule has 1 aliphatic rings. The van der Waals surface area contributed by atoms with Gasteiger partial charge >= 0.3 is 0 Å². The summed E-state index contributed by atoms with van der Waals surface area (Å²) in [6.45, 7) is 0.784. The van der Waals surface area contributed by atoms with Crippen molar-refractivity contribution in [1.82, 2.24) is 9.97 Å². The second kappa shape index (κ2) is 8.02. The van der Waals surface area contributed by atoms with Gasteiger partial charge in [-0.1, -0.05) is 0 Å². The number of hydrogen-bond donors (Lipinski definition) is 3. The molecule has 0 unspecified atom stereocenters. The van der Waals surface area contributed by atoms with E-state index in [4.69, 9.17) is 14.6 Å². The van der Waals surface area contributed by atoms with Crippen LogP contribution in [0.4, 0.5) is 17.5 Å². The molecule has 0 aliphatic heterocycles. The van der Waals surface area contributed by atoms with E-state index in [1.807, 2.05) is 24.3 Å². The summed E-state index contributed by atoms with van der Waals surface area (Å²) in [6.07, 6.45) is 3.00. The fourth-order valence-corrected chi connectivity index (χ4v) is 2.54. The van der Waals surface area contributed by atoms with Crippen molar-refractivity contribution >= 4 is 17.5 Å². The van der Waals surface area contributed by atoms with Crippen molar-refractivity contribution < 1.29 is 14.6 Å². The number of hydrogen-bond acceptors (Lipinski definition) is 7. The standard InChI is InChI=1S/C18H24N4O3/c1-24-15-7-6-13(10-16(15)25-2)20-17-11-14(12-4-5-12)21-18(22-17)19-8-3-9-23/h6-7,10-12,23H,3-5,8-9H2,1-2H3,(H2,19,20,21,22). The topological polar surface area (TPSA) is 88.5 Å². The Balaban J connectivity index is 1.80. The molecule has 1 heterocycles. The van der Waals surface area contributed by atoms with Gasteiger partial charge in [0.1, 0.15) is 5.82 Å². The summed E-state index contributed by atoms with van der Waals surface area (Å²) in [7, 11) is 3.22. The highest BCUT2D eigenvalue weighted by Gasteiger charge is 2.26. The van der Waals surface area contributed by atoms with Crippen molar-refractivity contribution in [3.8, 4) is 11.5 Å². The molecular weight excluding hydrogens is 320 g/mol. The van der Waals surface area contributed by atoms with Crippen LogP contribution < -0.4 is 20.1 Å². The lowest BCUT2D eigenvalue weighted by Gasteiger charge is -2.13. The largest absolute Gasteiger partial charge is 0.493 e. The predicted octanol–water partition coefficient (Wildman–Crippen LogP) is 2.91. The Kier molecular flexibility index (Phi) is 5.55. The van der Waals surface area contributed by atoms with Crippen LogP contribution >= 0.6 is 0 Å². The van der Waals surface area contributed by atoms with Gasteiger partial charge < -0.3 is 25.2 Å². The van der Waals surface area contributed by atoms with Crippen molar-refractivity contribution in [2.24, 2.45) is 0 Å². The van der Waals surface area contributed by atoms with Gasteiger partial charge in [0.25, 0.3) is 0 Å². The van der Waals surface area contributed by atoms with E-state index in [0.717, 1.165) is 17.2 Å². The number of aliphatic hydroxyl groups is 1. The van der Waals surface area contributed by atoms with Crippen LogP contribution in [0.25, 0.3) is 0 Å². The molecule has 7 heteroatoms. The van der Waals surface area contributed by atoms with Crippen LogP contribution in [0, 0.1) is 0 Å². The fraction of sp³-hybridized carbons (Fsp3) is 0.444. The van der Waals surface area contributed by atoms with Crippen LogP contribution in [-0.2, 0) is 0 Å². The van der Waals surface area contributed by atoms with Gasteiger partial charge in [-0.3, -0.25) is 0 Å². The first kappa shape index (κ1) is 17.3. The molecular formula is C18H24N4O3. The van der Waals surface area contributed by atoms with Gasteiger partial charge in [0.05, 0.1) is 19.9 Å². The van der Waals surface area contributed by atoms with E-state index in [-0.39, 0.29) is 6.61 Å². The number of benzene rings is 1. The molecule has 1 aromatic carbocycles. The summed E-state index contributed by atoms with van der Waals surface area (Å²) in [6, 6.07) is 7.63. The third kappa shape index (κ3) is 4.51. The van der Waals surface area contributed by atoms with E-state index in [9.17, 15) is 0 Å². The minimum absolute atomic E-state index is 0.145. The van der Waals surface area contributed by atoms with E-state index >= 15 is 0 Å². The molecule has 7 nitrogen and oxygen atoms in total. The Hall–Kier alpha value is -2.54. The number of rotatable bonds is 9. The first-order valence-electron chi connectivity index (χ1n) is 8.46. The Morgan fingerprint density at radius 3 is 2.60 bits per heavy atom. The SMILES string of the molecule is COc1ccc(Nc2cc(C3CC3)nc(NCCCO)n2)cc1OC. The van der Waals surface area contributed by atoms with Gasteiger partial charge in [-0.15, -0.1) is 0 Å². The number of anilines is 3. The van der Waals surface area contributed by atoms with Gasteiger partial charge in [-0.2, -0.15) is 4.98 Å².